The molecule has 0 bridgehead atoms. The Kier molecular flexibility index (Phi) is 3.23. The summed E-state index contributed by atoms with van der Waals surface area (Å²) in [6.07, 6.45) is 3.23. The van der Waals surface area contributed by atoms with Crippen LogP contribution in [0, 0.1) is 0 Å². The van der Waals surface area contributed by atoms with Gasteiger partial charge in [-0.05, 0) is 32.5 Å². The third-order valence-electron chi connectivity index (χ3n) is 3.05. The second kappa shape index (κ2) is 4.67. The molecule has 0 spiro atoms. The molecule has 1 aromatic heterocycles. The monoisotopic (exact) mass is 237 g/mol. The summed E-state index contributed by atoms with van der Waals surface area (Å²) >= 11 is 0. The Bertz CT molecular complexity index is 483. The smallest absolute Gasteiger partial charge is 0.341 e. The maximum atomic E-state index is 11.9. The summed E-state index contributed by atoms with van der Waals surface area (Å²) in [5.74, 6) is -1.20. The minimum Gasteiger partial charge on any atom is -0.477 e. The van der Waals surface area contributed by atoms with E-state index in [-0.39, 0.29) is 11.6 Å². The lowest BCUT2D eigenvalue weighted by Crippen LogP contribution is -2.40. The summed E-state index contributed by atoms with van der Waals surface area (Å²) in [6, 6.07) is 1.22. The predicted molar refractivity (Wildman–Crippen MR) is 61.2 cm³/mol. The maximum absolute atomic E-state index is 11.9. The summed E-state index contributed by atoms with van der Waals surface area (Å²) in [6.45, 7) is 1.74. The molecular weight excluding hydrogens is 222 g/mol. The number of aromatic carboxylic acids is 1. The predicted octanol–water partition coefficient (Wildman–Crippen LogP) is 0.208. The molecule has 1 N–H and O–H groups in total. The molecule has 1 atom stereocenters. The van der Waals surface area contributed by atoms with E-state index in [4.69, 9.17) is 5.11 Å². The van der Waals surface area contributed by atoms with Gasteiger partial charge in [-0.2, -0.15) is 5.10 Å². The number of carboxylic acids is 1. The molecule has 2 heterocycles. The number of carbonyl (C=O) groups is 1. The van der Waals surface area contributed by atoms with Crippen LogP contribution in [0.4, 0.5) is 0 Å². The van der Waals surface area contributed by atoms with Crippen LogP contribution in [0.25, 0.3) is 0 Å². The van der Waals surface area contributed by atoms with Gasteiger partial charge in [0.25, 0.3) is 5.56 Å². The van der Waals surface area contributed by atoms with Crippen molar-refractivity contribution in [2.24, 2.45) is 0 Å². The highest BCUT2D eigenvalue weighted by molar-refractivity contribution is 5.86. The molecule has 0 saturated carbocycles. The molecule has 1 fully saturated rings. The Morgan fingerprint density at radius 3 is 3.00 bits per heavy atom. The topological polar surface area (TPSA) is 75.4 Å². The van der Waals surface area contributed by atoms with Gasteiger partial charge >= 0.3 is 5.97 Å². The van der Waals surface area contributed by atoms with Crippen LogP contribution in [0.1, 0.15) is 29.2 Å². The average Bonchev–Trinajstić information content (AvgIpc) is 2.29. The molecule has 1 saturated heterocycles. The maximum Gasteiger partial charge on any atom is 0.341 e. The van der Waals surface area contributed by atoms with E-state index < -0.39 is 11.5 Å². The zero-order valence-corrected chi connectivity index (χ0v) is 9.67. The largest absolute Gasteiger partial charge is 0.477 e. The summed E-state index contributed by atoms with van der Waals surface area (Å²) in [5.41, 5.74) is -0.728. The highest BCUT2D eigenvalue weighted by Crippen LogP contribution is 2.17. The number of hydrogen-bond acceptors (Lipinski definition) is 4. The van der Waals surface area contributed by atoms with E-state index >= 15 is 0 Å². The lowest BCUT2D eigenvalue weighted by molar-refractivity contribution is 0.0692. The number of likely N-dealkylation sites (N-methyl/N-ethyl adjacent to an activating group) is 1. The van der Waals surface area contributed by atoms with Gasteiger partial charge in [0.05, 0.1) is 6.04 Å². The van der Waals surface area contributed by atoms with Crippen molar-refractivity contribution in [1.29, 1.82) is 0 Å². The molecule has 17 heavy (non-hydrogen) atoms. The standard InChI is InChI=1S/C11H15N3O3/c1-13-6-2-3-8(7-13)14-10(15)9(11(16)17)4-5-12-14/h4-5,8H,2-3,6-7H2,1H3,(H,16,17)/t8-/m1/s1. The summed E-state index contributed by atoms with van der Waals surface area (Å²) in [7, 11) is 1.98. The van der Waals surface area contributed by atoms with Crippen molar-refractivity contribution in [1.82, 2.24) is 14.7 Å². The number of nitrogens with zero attached hydrogens (tertiary/aromatic N) is 3. The van der Waals surface area contributed by atoms with Crippen LogP contribution in [0.3, 0.4) is 0 Å². The summed E-state index contributed by atoms with van der Waals surface area (Å²) in [4.78, 5) is 24.9. The zero-order chi connectivity index (χ0) is 12.4. The van der Waals surface area contributed by atoms with Crippen molar-refractivity contribution in [3.05, 3.63) is 28.2 Å². The van der Waals surface area contributed by atoms with Crippen LogP contribution in [0.2, 0.25) is 0 Å². The first-order chi connectivity index (χ1) is 8.09. The minimum atomic E-state index is -1.20. The van der Waals surface area contributed by atoms with Crippen LogP contribution in [-0.2, 0) is 0 Å². The lowest BCUT2D eigenvalue weighted by Gasteiger charge is -2.29. The van der Waals surface area contributed by atoms with E-state index in [0.717, 1.165) is 25.9 Å². The van der Waals surface area contributed by atoms with Crippen molar-refractivity contribution in [2.75, 3.05) is 20.1 Å². The van der Waals surface area contributed by atoms with E-state index in [9.17, 15) is 9.59 Å². The second-order valence-corrected chi connectivity index (χ2v) is 4.36. The molecule has 2 rings (SSSR count). The number of carboxylic acid groups (broad SMARTS) is 1. The molecule has 0 aromatic carbocycles. The molecule has 92 valence electrons. The highest BCUT2D eigenvalue weighted by atomic mass is 16.4. The highest BCUT2D eigenvalue weighted by Gasteiger charge is 2.22. The van der Waals surface area contributed by atoms with Crippen LogP contribution < -0.4 is 5.56 Å². The van der Waals surface area contributed by atoms with Crippen LogP contribution in [-0.4, -0.2) is 45.9 Å². The summed E-state index contributed by atoms with van der Waals surface area (Å²) < 4.78 is 1.30. The van der Waals surface area contributed by atoms with Gasteiger partial charge in [-0.3, -0.25) is 4.79 Å². The molecule has 0 unspecified atom stereocenters. The molecule has 0 aliphatic carbocycles. The van der Waals surface area contributed by atoms with Gasteiger partial charge < -0.3 is 10.0 Å². The van der Waals surface area contributed by atoms with Gasteiger partial charge in [-0.25, -0.2) is 9.48 Å². The Hall–Kier alpha value is -1.69. The van der Waals surface area contributed by atoms with Crippen molar-refractivity contribution in [3.8, 4) is 0 Å². The fraction of sp³-hybridized carbons (Fsp3) is 0.545. The first kappa shape index (κ1) is 11.8. The van der Waals surface area contributed by atoms with Crippen molar-refractivity contribution in [2.45, 2.75) is 18.9 Å². The minimum absolute atomic E-state index is 0.0273. The quantitative estimate of drug-likeness (QED) is 0.795. The van der Waals surface area contributed by atoms with E-state index in [2.05, 4.69) is 10.00 Å². The molecule has 1 aliphatic heterocycles. The first-order valence-corrected chi connectivity index (χ1v) is 5.59. The van der Waals surface area contributed by atoms with Gasteiger partial charge in [-0.15, -0.1) is 0 Å². The molecule has 1 aromatic rings. The summed E-state index contributed by atoms with van der Waals surface area (Å²) in [5, 5.41) is 12.9. The van der Waals surface area contributed by atoms with Crippen LogP contribution >= 0.6 is 0 Å². The van der Waals surface area contributed by atoms with E-state index in [1.54, 1.807) is 0 Å². The Labute approximate surface area is 98.5 Å². The van der Waals surface area contributed by atoms with E-state index in [0.29, 0.717) is 0 Å². The van der Waals surface area contributed by atoms with Gasteiger partial charge in [0.2, 0.25) is 0 Å². The third kappa shape index (κ3) is 2.36. The van der Waals surface area contributed by atoms with Gasteiger partial charge in [0.15, 0.2) is 0 Å². The SMILES string of the molecule is CN1CCC[C@@H](n2nccc(C(=O)O)c2=O)C1. The van der Waals surface area contributed by atoms with E-state index in [1.807, 2.05) is 7.05 Å². The Morgan fingerprint density at radius 1 is 1.59 bits per heavy atom. The fourth-order valence-corrected chi connectivity index (χ4v) is 2.19. The number of hydrogen-bond donors (Lipinski definition) is 1. The molecule has 0 amide bonds. The van der Waals surface area contributed by atoms with Gasteiger partial charge in [0, 0.05) is 12.7 Å². The molecule has 6 heteroatoms. The van der Waals surface area contributed by atoms with Crippen LogP contribution in [0.5, 0.6) is 0 Å². The lowest BCUT2D eigenvalue weighted by atomic mass is 10.1. The fourth-order valence-electron chi connectivity index (χ4n) is 2.19. The number of rotatable bonds is 2. The molecule has 6 nitrogen and oxygen atoms in total. The Balaban J connectivity index is 2.35. The normalized spacial score (nSPS) is 21.4. The van der Waals surface area contributed by atoms with Crippen LogP contribution in [0.15, 0.2) is 17.1 Å². The third-order valence-corrected chi connectivity index (χ3v) is 3.05. The van der Waals surface area contributed by atoms with Crippen molar-refractivity contribution in [3.63, 3.8) is 0 Å². The average molecular weight is 237 g/mol. The van der Waals surface area contributed by atoms with E-state index in [1.165, 1.54) is 16.9 Å². The molecule has 1 aliphatic rings. The Morgan fingerprint density at radius 2 is 2.35 bits per heavy atom. The van der Waals surface area contributed by atoms with Gasteiger partial charge in [-0.1, -0.05) is 0 Å². The van der Waals surface area contributed by atoms with Gasteiger partial charge in [0.1, 0.15) is 5.56 Å². The van der Waals surface area contributed by atoms with Crippen molar-refractivity contribution >= 4 is 5.97 Å². The number of piperidine rings is 1. The second-order valence-electron chi connectivity index (χ2n) is 4.36. The number of likely N-dealkylation sites (tertiary alicyclic amines) is 1. The number of aromatic nitrogens is 2. The molecular formula is C11H15N3O3. The zero-order valence-electron chi connectivity index (χ0n) is 9.67. The first-order valence-electron chi connectivity index (χ1n) is 5.59. The molecule has 0 radical (unpaired) electrons. The van der Waals surface area contributed by atoms with Crippen molar-refractivity contribution < 1.29 is 9.90 Å².